The molecule has 1 rings (SSSR count). The highest BCUT2D eigenvalue weighted by atomic mass is 79.9. The molecular weight excluding hydrogens is 230 g/mol. The molecule has 13 heavy (non-hydrogen) atoms. The SMILES string of the molecule is CC(C)(CCN)c1ncc(Br)cn1. The smallest absolute Gasteiger partial charge is 0.133 e. The van der Waals surface area contributed by atoms with Crippen LogP contribution in [0.2, 0.25) is 0 Å². The summed E-state index contributed by atoms with van der Waals surface area (Å²) in [6.45, 7) is 4.86. The maximum atomic E-state index is 5.52. The van der Waals surface area contributed by atoms with Gasteiger partial charge in [-0.15, -0.1) is 0 Å². The van der Waals surface area contributed by atoms with Gasteiger partial charge in [-0.3, -0.25) is 0 Å². The number of rotatable bonds is 3. The van der Waals surface area contributed by atoms with Crippen molar-refractivity contribution in [2.24, 2.45) is 5.73 Å². The average molecular weight is 244 g/mol. The van der Waals surface area contributed by atoms with Crippen molar-refractivity contribution in [2.75, 3.05) is 6.54 Å². The lowest BCUT2D eigenvalue weighted by atomic mass is 9.88. The lowest BCUT2D eigenvalue weighted by Gasteiger charge is -2.21. The fourth-order valence-corrected chi connectivity index (χ4v) is 1.34. The Balaban J connectivity index is 2.87. The van der Waals surface area contributed by atoms with Gasteiger partial charge in [-0.1, -0.05) is 13.8 Å². The summed E-state index contributed by atoms with van der Waals surface area (Å²) in [6.07, 6.45) is 4.43. The zero-order chi connectivity index (χ0) is 9.90. The van der Waals surface area contributed by atoms with Gasteiger partial charge in [0.1, 0.15) is 5.82 Å². The van der Waals surface area contributed by atoms with Gasteiger partial charge in [-0.05, 0) is 28.9 Å². The lowest BCUT2D eigenvalue weighted by Crippen LogP contribution is -2.24. The van der Waals surface area contributed by atoms with Crippen LogP contribution in [0.25, 0.3) is 0 Å². The molecule has 0 radical (unpaired) electrons. The molecule has 0 saturated heterocycles. The van der Waals surface area contributed by atoms with Crippen molar-refractivity contribution >= 4 is 15.9 Å². The number of hydrogen-bond acceptors (Lipinski definition) is 3. The van der Waals surface area contributed by atoms with E-state index >= 15 is 0 Å². The van der Waals surface area contributed by atoms with Gasteiger partial charge in [-0.25, -0.2) is 9.97 Å². The normalized spacial score (nSPS) is 11.7. The highest BCUT2D eigenvalue weighted by Gasteiger charge is 2.22. The molecule has 0 saturated carbocycles. The molecule has 0 aromatic carbocycles. The Morgan fingerprint density at radius 1 is 1.38 bits per heavy atom. The van der Waals surface area contributed by atoms with E-state index < -0.39 is 0 Å². The second-order valence-electron chi connectivity index (χ2n) is 3.65. The third-order valence-corrected chi connectivity index (χ3v) is 2.40. The minimum Gasteiger partial charge on any atom is -0.330 e. The summed E-state index contributed by atoms with van der Waals surface area (Å²) in [4.78, 5) is 8.51. The van der Waals surface area contributed by atoms with E-state index in [9.17, 15) is 0 Å². The summed E-state index contributed by atoms with van der Waals surface area (Å²) < 4.78 is 0.903. The summed E-state index contributed by atoms with van der Waals surface area (Å²) in [5.41, 5.74) is 5.48. The Labute approximate surface area is 86.9 Å². The van der Waals surface area contributed by atoms with Gasteiger partial charge >= 0.3 is 0 Å². The molecule has 0 fully saturated rings. The van der Waals surface area contributed by atoms with E-state index in [1.165, 1.54) is 0 Å². The maximum absolute atomic E-state index is 5.52. The van der Waals surface area contributed by atoms with Gasteiger partial charge in [0.25, 0.3) is 0 Å². The fourth-order valence-electron chi connectivity index (χ4n) is 1.13. The molecule has 0 aliphatic carbocycles. The van der Waals surface area contributed by atoms with Gasteiger partial charge < -0.3 is 5.73 Å². The van der Waals surface area contributed by atoms with E-state index in [1.54, 1.807) is 12.4 Å². The van der Waals surface area contributed by atoms with Gasteiger partial charge in [0.05, 0.1) is 4.47 Å². The second kappa shape index (κ2) is 4.15. The van der Waals surface area contributed by atoms with Crippen LogP contribution in [0.15, 0.2) is 16.9 Å². The maximum Gasteiger partial charge on any atom is 0.133 e. The first-order chi connectivity index (χ1) is 6.06. The highest BCUT2D eigenvalue weighted by molar-refractivity contribution is 9.10. The van der Waals surface area contributed by atoms with E-state index in [1.807, 2.05) is 0 Å². The van der Waals surface area contributed by atoms with E-state index in [0.717, 1.165) is 16.7 Å². The van der Waals surface area contributed by atoms with Crippen molar-refractivity contribution in [3.63, 3.8) is 0 Å². The standard InChI is InChI=1S/C9H14BrN3/c1-9(2,3-4-11)8-12-5-7(10)6-13-8/h5-6H,3-4,11H2,1-2H3. The zero-order valence-corrected chi connectivity index (χ0v) is 9.50. The lowest BCUT2D eigenvalue weighted by molar-refractivity contribution is 0.456. The van der Waals surface area contributed by atoms with Gasteiger partial charge in [-0.2, -0.15) is 0 Å². The molecule has 1 heterocycles. The molecule has 72 valence electrons. The van der Waals surface area contributed by atoms with E-state index in [0.29, 0.717) is 6.54 Å². The van der Waals surface area contributed by atoms with Crippen LogP contribution in [0.5, 0.6) is 0 Å². The Morgan fingerprint density at radius 3 is 2.38 bits per heavy atom. The zero-order valence-electron chi connectivity index (χ0n) is 7.92. The van der Waals surface area contributed by atoms with Crippen molar-refractivity contribution < 1.29 is 0 Å². The van der Waals surface area contributed by atoms with Gasteiger partial charge in [0, 0.05) is 17.8 Å². The van der Waals surface area contributed by atoms with E-state index in [4.69, 9.17) is 5.73 Å². The van der Waals surface area contributed by atoms with Crippen LogP contribution in [0.4, 0.5) is 0 Å². The first kappa shape index (κ1) is 10.6. The van der Waals surface area contributed by atoms with Gasteiger partial charge in [0.15, 0.2) is 0 Å². The number of nitrogens with two attached hydrogens (primary N) is 1. The number of aromatic nitrogens is 2. The molecule has 4 heteroatoms. The predicted octanol–water partition coefficient (Wildman–Crippen LogP) is 1.87. The fraction of sp³-hybridized carbons (Fsp3) is 0.556. The molecule has 2 N–H and O–H groups in total. The summed E-state index contributed by atoms with van der Waals surface area (Å²) >= 11 is 3.30. The minimum atomic E-state index is -0.0323. The van der Waals surface area contributed by atoms with Crippen molar-refractivity contribution in [3.05, 3.63) is 22.7 Å². The van der Waals surface area contributed by atoms with Crippen LogP contribution < -0.4 is 5.73 Å². The monoisotopic (exact) mass is 243 g/mol. The summed E-state index contributed by atoms with van der Waals surface area (Å²) in [6, 6.07) is 0. The molecule has 1 aromatic heterocycles. The summed E-state index contributed by atoms with van der Waals surface area (Å²) in [5, 5.41) is 0. The molecule has 0 atom stereocenters. The highest BCUT2D eigenvalue weighted by Crippen LogP contribution is 2.22. The Bertz CT molecular complexity index is 269. The minimum absolute atomic E-state index is 0.0323. The van der Waals surface area contributed by atoms with Crippen molar-refractivity contribution in [1.82, 2.24) is 9.97 Å². The molecule has 0 unspecified atom stereocenters. The largest absolute Gasteiger partial charge is 0.330 e. The molecule has 0 aliphatic heterocycles. The van der Waals surface area contributed by atoms with Crippen LogP contribution in [0.1, 0.15) is 26.1 Å². The third kappa shape index (κ3) is 2.74. The van der Waals surface area contributed by atoms with Crippen LogP contribution in [-0.2, 0) is 5.41 Å². The first-order valence-electron chi connectivity index (χ1n) is 4.24. The third-order valence-electron chi connectivity index (χ3n) is 1.99. The Kier molecular flexibility index (Phi) is 3.39. The number of halogens is 1. The Hall–Kier alpha value is -0.480. The van der Waals surface area contributed by atoms with Crippen molar-refractivity contribution in [3.8, 4) is 0 Å². The number of hydrogen-bond donors (Lipinski definition) is 1. The second-order valence-corrected chi connectivity index (χ2v) is 4.56. The topological polar surface area (TPSA) is 51.8 Å². The molecule has 0 spiro atoms. The van der Waals surface area contributed by atoms with Gasteiger partial charge in [0.2, 0.25) is 0 Å². The van der Waals surface area contributed by atoms with Crippen molar-refractivity contribution in [1.29, 1.82) is 0 Å². The Morgan fingerprint density at radius 2 is 1.92 bits per heavy atom. The van der Waals surface area contributed by atoms with Crippen molar-refractivity contribution in [2.45, 2.75) is 25.7 Å². The van der Waals surface area contributed by atoms with Crippen LogP contribution in [0.3, 0.4) is 0 Å². The molecule has 1 aromatic rings. The first-order valence-corrected chi connectivity index (χ1v) is 5.03. The molecule has 0 aliphatic rings. The molecular formula is C9H14BrN3. The molecule has 0 bridgehead atoms. The molecule has 0 amide bonds. The summed E-state index contributed by atoms with van der Waals surface area (Å²) in [7, 11) is 0. The quantitative estimate of drug-likeness (QED) is 0.882. The average Bonchev–Trinajstić information content (AvgIpc) is 2.05. The molecule has 3 nitrogen and oxygen atoms in total. The van der Waals surface area contributed by atoms with Crippen LogP contribution >= 0.6 is 15.9 Å². The summed E-state index contributed by atoms with van der Waals surface area (Å²) in [5.74, 6) is 0.848. The van der Waals surface area contributed by atoms with E-state index in [-0.39, 0.29) is 5.41 Å². The van der Waals surface area contributed by atoms with Crippen LogP contribution in [-0.4, -0.2) is 16.5 Å². The number of nitrogens with zero attached hydrogens (tertiary/aromatic N) is 2. The predicted molar refractivity (Wildman–Crippen MR) is 56.4 cm³/mol. The van der Waals surface area contributed by atoms with Crippen LogP contribution in [0, 0.1) is 0 Å². The van der Waals surface area contributed by atoms with E-state index in [2.05, 4.69) is 39.7 Å².